The first-order chi connectivity index (χ1) is 12.7. The first-order valence-corrected chi connectivity index (χ1v) is 9.03. The van der Waals surface area contributed by atoms with Crippen LogP contribution in [0.4, 0.5) is 0 Å². The molecule has 4 heteroatoms. The van der Waals surface area contributed by atoms with Gasteiger partial charge in [0.05, 0.1) is 0 Å². The average molecular weight is 354 g/mol. The number of aliphatic hydroxyl groups excluding tert-OH is 1. The molecule has 0 heterocycles. The Morgan fingerprint density at radius 2 is 1.62 bits per heavy atom. The second kappa shape index (κ2) is 8.58. The molecule has 1 fully saturated rings. The fraction of sp³-hybridized carbons (Fsp3) is 0.409. The molecule has 0 saturated heterocycles. The summed E-state index contributed by atoms with van der Waals surface area (Å²) in [6.07, 6.45) is 0.120. The number of benzene rings is 2. The van der Waals surface area contributed by atoms with Gasteiger partial charge in [-0.2, -0.15) is 0 Å². The topological polar surface area (TPSA) is 55.8 Å². The molecule has 3 rings (SSSR count). The third-order valence-electron chi connectivity index (χ3n) is 5.26. The summed E-state index contributed by atoms with van der Waals surface area (Å²) in [5.41, 5.74) is 1.81. The standard InChI is InChI=1S/C22H26O4/c1-25-22(26-2)21(24)18(15-9-5-3-6-10-15)13-17-14-19(17)20(23)16-11-7-4-8-12-16/h3-12,17-19,21-22,24H,13-14H2,1-2H3/t17-,18?,19?,21?/m0/s1. The highest BCUT2D eigenvalue weighted by Gasteiger charge is 2.45. The number of rotatable bonds is 9. The molecule has 0 aliphatic heterocycles. The van der Waals surface area contributed by atoms with Gasteiger partial charge < -0.3 is 14.6 Å². The molecule has 2 aromatic rings. The van der Waals surface area contributed by atoms with Crippen molar-refractivity contribution in [2.75, 3.05) is 14.2 Å². The number of hydrogen-bond acceptors (Lipinski definition) is 4. The zero-order chi connectivity index (χ0) is 18.5. The highest BCUT2D eigenvalue weighted by Crippen LogP contribution is 2.48. The van der Waals surface area contributed by atoms with Crippen LogP contribution < -0.4 is 0 Å². The number of hydrogen-bond donors (Lipinski definition) is 1. The van der Waals surface area contributed by atoms with E-state index in [-0.39, 0.29) is 23.5 Å². The van der Waals surface area contributed by atoms with Gasteiger partial charge in [0, 0.05) is 31.6 Å². The van der Waals surface area contributed by atoms with Crippen LogP contribution in [-0.4, -0.2) is 37.5 Å². The van der Waals surface area contributed by atoms with Crippen LogP contribution in [0, 0.1) is 11.8 Å². The van der Waals surface area contributed by atoms with Crippen molar-refractivity contribution in [3.8, 4) is 0 Å². The summed E-state index contributed by atoms with van der Waals surface area (Å²) >= 11 is 0. The number of aliphatic hydroxyl groups is 1. The van der Waals surface area contributed by atoms with Gasteiger partial charge in [-0.05, 0) is 24.3 Å². The minimum atomic E-state index is -0.791. The van der Waals surface area contributed by atoms with E-state index in [0.717, 1.165) is 24.0 Å². The predicted octanol–water partition coefficient (Wildman–Crippen LogP) is 3.66. The van der Waals surface area contributed by atoms with E-state index >= 15 is 0 Å². The van der Waals surface area contributed by atoms with Crippen LogP contribution in [0.1, 0.15) is 34.7 Å². The van der Waals surface area contributed by atoms with Crippen LogP contribution in [0.25, 0.3) is 0 Å². The summed E-state index contributed by atoms with van der Waals surface area (Å²) in [6, 6.07) is 19.3. The normalized spacial score (nSPS) is 21.4. The van der Waals surface area contributed by atoms with Crippen LogP contribution in [-0.2, 0) is 9.47 Å². The molecule has 3 unspecified atom stereocenters. The van der Waals surface area contributed by atoms with E-state index in [9.17, 15) is 9.90 Å². The van der Waals surface area contributed by atoms with Crippen molar-refractivity contribution in [3.05, 3.63) is 71.8 Å². The number of carbonyl (C=O) groups is 1. The lowest BCUT2D eigenvalue weighted by atomic mass is 9.87. The molecule has 4 nitrogen and oxygen atoms in total. The van der Waals surface area contributed by atoms with Gasteiger partial charge in [-0.25, -0.2) is 0 Å². The van der Waals surface area contributed by atoms with Gasteiger partial charge in [-0.3, -0.25) is 4.79 Å². The molecule has 4 atom stereocenters. The molecule has 138 valence electrons. The maximum Gasteiger partial charge on any atom is 0.183 e. The molecule has 26 heavy (non-hydrogen) atoms. The molecule has 0 spiro atoms. The highest BCUT2D eigenvalue weighted by atomic mass is 16.7. The number of carbonyl (C=O) groups excluding carboxylic acids is 1. The first-order valence-electron chi connectivity index (χ1n) is 9.03. The molecular formula is C22H26O4. The van der Waals surface area contributed by atoms with Gasteiger partial charge in [0.1, 0.15) is 6.10 Å². The fourth-order valence-electron chi connectivity index (χ4n) is 3.71. The largest absolute Gasteiger partial charge is 0.387 e. The first kappa shape index (κ1) is 18.8. The Hall–Kier alpha value is -2.01. The Labute approximate surface area is 154 Å². The summed E-state index contributed by atoms with van der Waals surface area (Å²) in [5, 5.41) is 10.8. The van der Waals surface area contributed by atoms with Crippen molar-refractivity contribution < 1.29 is 19.4 Å². The Morgan fingerprint density at radius 3 is 2.19 bits per heavy atom. The Bertz CT molecular complexity index is 697. The van der Waals surface area contributed by atoms with Gasteiger partial charge in [-0.1, -0.05) is 60.7 Å². The molecule has 1 aliphatic carbocycles. The maximum atomic E-state index is 12.6. The van der Waals surface area contributed by atoms with E-state index in [4.69, 9.17) is 9.47 Å². The monoisotopic (exact) mass is 354 g/mol. The lowest BCUT2D eigenvalue weighted by Gasteiger charge is -2.28. The number of ketones is 1. The molecule has 0 aromatic heterocycles. The van der Waals surface area contributed by atoms with Crippen molar-refractivity contribution in [3.63, 3.8) is 0 Å². The average Bonchev–Trinajstić information content (AvgIpc) is 3.47. The second-order valence-corrected chi connectivity index (χ2v) is 6.92. The third-order valence-corrected chi connectivity index (χ3v) is 5.26. The SMILES string of the molecule is COC(OC)C(O)C(C[C@H]1CC1C(=O)c1ccccc1)c1ccccc1. The number of Topliss-reactive ketones (excluding diaryl/α,β-unsaturated/α-hetero) is 1. The van der Waals surface area contributed by atoms with E-state index in [1.165, 1.54) is 14.2 Å². The van der Waals surface area contributed by atoms with Crippen LogP contribution >= 0.6 is 0 Å². The predicted molar refractivity (Wildman–Crippen MR) is 100.0 cm³/mol. The minimum absolute atomic E-state index is 0.0411. The fourth-order valence-corrected chi connectivity index (χ4v) is 3.71. The molecule has 0 amide bonds. The third kappa shape index (κ3) is 4.21. The lowest BCUT2D eigenvalue weighted by molar-refractivity contribution is -0.171. The van der Waals surface area contributed by atoms with Crippen LogP contribution in [0.2, 0.25) is 0 Å². The number of ether oxygens (including phenoxy) is 2. The Balaban J connectivity index is 1.72. The minimum Gasteiger partial charge on any atom is -0.387 e. The van der Waals surface area contributed by atoms with Crippen LogP contribution in [0.5, 0.6) is 0 Å². The number of methoxy groups -OCH3 is 2. The van der Waals surface area contributed by atoms with E-state index in [0.29, 0.717) is 0 Å². The molecule has 0 bridgehead atoms. The molecule has 1 aliphatic rings. The van der Waals surface area contributed by atoms with Crippen molar-refractivity contribution in [1.29, 1.82) is 0 Å². The van der Waals surface area contributed by atoms with Gasteiger partial charge in [0.2, 0.25) is 0 Å². The molecule has 0 radical (unpaired) electrons. The van der Waals surface area contributed by atoms with Crippen molar-refractivity contribution in [1.82, 2.24) is 0 Å². The summed E-state index contributed by atoms with van der Waals surface area (Å²) in [6.45, 7) is 0. The lowest BCUT2D eigenvalue weighted by Crippen LogP contribution is -2.35. The maximum absolute atomic E-state index is 12.6. The highest BCUT2D eigenvalue weighted by molar-refractivity contribution is 5.99. The van der Waals surface area contributed by atoms with Gasteiger partial charge in [0.15, 0.2) is 12.1 Å². The smallest absolute Gasteiger partial charge is 0.183 e. The molecule has 1 saturated carbocycles. The van der Waals surface area contributed by atoms with Gasteiger partial charge in [0.25, 0.3) is 0 Å². The Morgan fingerprint density at radius 1 is 1.04 bits per heavy atom. The van der Waals surface area contributed by atoms with Gasteiger partial charge in [-0.15, -0.1) is 0 Å². The van der Waals surface area contributed by atoms with E-state index in [2.05, 4.69) is 0 Å². The zero-order valence-electron chi connectivity index (χ0n) is 15.2. The molecule has 2 aromatic carbocycles. The molecular weight excluding hydrogens is 328 g/mol. The van der Waals surface area contributed by atoms with E-state index in [1.54, 1.807) is 0 Å². The zero-order valence-corrected chi connectivity index (χ0v) is 15.2. The summed E-state index contributed by atoms with van der Waals surface area (Å²) in [4.78, 5) is 12.6. The van der Waals surface area contributed by atoms with E-state index < -0.39 is 12.4 Å². The second-order valence-electron chi connectivity index (χ2n) is 6.92. The van der Waals surface area contributed by atoms with Crippen molar-refractivity contribution >= 4 is 5.78 Å². The van der Waals surface area contributed by atoms with Crippen LogP contribution in [0.15, 0.2) is 60.7 Å². The van der Waals surface area contributed by atoms with Gasteiger partial charge >= 0.3 is 0 Å². The van der Waals surface area contributed by atoms with Crippen molar-refractivity contribution in [2.24, 2.45) is 11.8 Å². The Kier molecular flexibility index (Phi) is 6.20. The summed E-state index contributed by atoms with van der Waals surface area (Å²) in [7, 11) is 3.05. The van der Waals surface area contributed by atoms with E-state index in [1.807, 2.05) is 60.7 Å². The van der Waals surface area contributed by atoms with Crippen LogP contribution in [0.3, 0.4) is 0 Å². The summed E-state index contributed by atoms with van der Waals surface area (Å²) < 4.78 is 10.5. The molecule has 1 N–H and O–H groups in total. The summed E-state index contributed by atoms with van der Waals surface area (Å²) in [5.74, 6) is 0.378. The quantitative estimate of drug-likeness (QED) is 0.551. The van der Waals surface area contributed by atoms with Crippen molar-refractivity contribution in [2.45, 2.75) is 31.2 Å².